The maximum Gasteiger partial charge on any atom is 0.335 e. The number of amides is 1. The topological polar surface area (TPSA) is 88.4 Å². The number of carbonyl (C=O) groups excluding carboxylic acids is 1. The van der Waals surface area contributed by atoms with Crippen LogP contribution in [0.25, 0.3) is 6.08 Å². The predicted octanol–water partition coefficient (Wildman–Crippen LogP) is 6.39. The summed E-state index contributed by atoms with van der Waals surface area (Å²) in [5, 5.41) is 9.83. The number of carboxylic acids is 1. The normalized spacial score (nSPS) is 15.5. The number of nitrogens with zero attached hydrogens (tertiary/aromatic N) is 2. The predicted molar refractivity (Wildman–Crippen MR) is 142 cm³/mol. The van der Waals surface area contributed by atoms with Crippen molar-refractivity contribution in [3.05, 3.63) is 93.1 Å². The van der Waals surface area contributed by atoms with Crippen molar-refractivity contribution in [2.24, 2.45) is 4.99 Å². The summed E-state index contributed by atoms with van der Waals surface area (Å²) in [6, 6.07) is 15.5. The highest BCUT2D eigenvalue weighted by atomic mass is 35.5. The third-order valence-electron chi connectivity index (χ3n) is 5.37. The number of rotatable bonds is 8. The average molecular weight is 541 g/mol. The summed E-state index contributed by atoms with van der Waals surface area (Å²) in [7, 11) is 1.48. The Morgan fingerprint density at radius 2 is 1.95 bits per heavy atom. The van der Waals surface area contributed by atoms with Crippen molar-refractivity contribution in [1.29, 1.82) is 0 Å². The first-order valence-corrected chi connectivity index (χ1v) is 12.4. The fourth-order valence-corrected chi connectivity index (χ4v) is 4.89. The Bertz CT molecular complexity index is 1410. The molecule has 0 unspecified atom stereocenters. The summed E-state index contributed by atoms with van der Waals surface area (Å²) < 4.78 is 24.7. The van der Waals surface area contributed by atoms with Crippen LogP contribution in [0.2, 0.25) is 5.02 Å². The molecular formula is C27H22ClFN2O5S. The van der Waals surface area contributed by atoms with Crippen molar-refractivity contribution in [2.75, 3.05) is 13.7 Å². The molecule has 0 atom stereocenters. The van der Waals surface area contributed by atoms with Crippen LogP contribution in [0.3, 0.4) is 0 Å². The lowest BCUT2D eigenvalue weighted by Gasteiger charge is -2.14. The molecule has 1 aliphatic heterocycles. The minimum atomic E-state index is -1.02. The Morgan fingerprint density at radius 1 is 1.19 bits per heavy atom. The van der Waals surface area contributed by atoms with E-state index in [9.17, 15) is 14.0 Å². The molecule has 190 valence electrons. The second-order valence-corrected chi connectivity index (χ2v) is 9.28. The van der Waals surface area contributed by atoms with Crippen molar-refractivity contribution in [2.45, 2.75) is 13.5 Å². The number of carbonyl (C=O) groups is 2. The fourth-order valence-electron chi connectivity index (χ4n) is 3.56. The highest BCUT2D eigenvalue weighted by Gasteiger charge is 2.32. The third-order valence-corrected chi connectivity index (χ3v) is 6.65. The van der Waals surface area contributed by atoms with Crippen molar-refractivity contribution in [3.8, 4) is 11.5 Å². The molecule has 0 radical (unpaired) electrons. The molecule has 3 aromatic carbocycles. The number of methoxy groups -OCH3 is 1. The van der Waals surface area contributed by atoms with Gasteiger partial charge in [-0.2, -0.15) is 0 Å². The van der Waals surface area contributed by atoms with Gasteiger partial charge in [0.25, 0.3) is 5.91 Å². The second-order valence-electron chi connectivity index (χ2n) is 7.86. The molecule has 0 spiro atoms. The van der Waals surface area contributed by atoms with E-state index < -0.39 is 5.97 Å². The third kappa shape index (κ3) is 6.12. The summed E-state index contributed by atoms with van der Waals surface area (Å²) >= 11 is 7.69. The molecule has 7 nitrogen and oxygen atoms in total. The van der Waals surface area contributed by atoms with E-state index in [0.29, 0.717) is 44.9 Å². The van der Waals surface area contributed by atoms with E-state index in [4.69, 9.17) is 26.2 Å². The number of ether oxygens (including phenoxy) is 2. The van der Waals surface area contributed by atoms with Crippen molar-refractivity contribution < 1.29 is 28.6 Å². The van der Waals surface area contributed by atoms with Gasteiger partial charge in [0.1, 0.15) is 12.4 Å². The Morgan fingerprint density at radius 3 is 2.59 bits per heavy atom. The lowest BCUT2D eigenvalue weighted by Crippen LogP contribution is -2.28. The molecule has 1 heterocycles. The Hall–Kier alpha value is -3.82. The number of halogens is 2. The molecule has 1 amide bonds. The first-order valence-electron chi connectivity index (χ1n) is 11.2. The number of benzene rings is 3. The van der Waals surface area contributed by atoms with E-state index in [-0.39, 0.29) is 28.9 Å². The molecular weight excluding hydrogens is 519 g/mol. The first-order chi connectivity index (χ1) is 17.8. The summed E-state index contributed by atoms with van der Waals surface area (Å²) in [6.45, 7) is 2.35. The molecule has 4 rings (SSSR count). The van der Waals surface area contributed by atoms with Gasteiger partial charge in [0.15, 0.2) is 16.7 Å². The number of hydrogen-bond donors (Lipinski definition) is 1. The fraction of sp³-hybridized carbons (Fsp3) is 0.148. The summed E-state index contributed by atoms with van der Waals surface area (Å²) in [6.07, 6.45) is 1.69. The highest BCUT2D eigenvalue weighted by molar-refractivity contribution is 8.18. The maximum atomic E-state index is 13.5. The van der Waals surface area contributed by atoms with Gasteiger partial charge in [-0.25, -0.2) is 14.2 Å². The van der Waals surface area contributed by atoms with Crippen LogP contribution in [0, 0.1) is 5.82 Å². The van der Waals surface area contributed by atoms with Crippen LogP contribution in [0.1, 0.15) is 28.4 Å². The van der Waals surface area contributed by atoms with E-state index in [1.165, 1.54) is 48.0 Å². The van der Waals surface area contributed by atoms with Crippen LogP contribution in [0.5, 0.6) is 11.5 Å². The van der Waals surface area contributed by atoms with Gasteiger partial charge >= 0.3 is 5.97 Å². The van der Waals surface area contributed by atoms with Crippen LogP contribution in [-0.2, 0) is 11.4 Å². The monoisotopic (exact) mass is 540 g/mol. The van der Waals surface area contributed by atoms with E-state index >= 15 is 0 Å². The zero-order valence-corrected chi connectivity index (χ0v) is 21.5. The number of carboxylic acid groups (broad SMARTS) is 1. The molecule has 0 aromatic heterocycles. The standard InChI is InChI=1S/C27H22ClFN2O5S/c1-3-31-25(32)23(37-27(31)30-20-9-7-18(8-10-20)26(33)34)14-17-12-21(28)24(22(13-17)35-2)36-15-16-5-4-6-19(29)11-16/h4-14H,3,15H2,1-2H3,(H,33,34). The quantitative estimate of drug-likeness (QED) is 0.333. The van der Waals surface area contributed by atoms with Gasteiger partial charge in [-0.1, -0.05) is 23.7 Å². The number of likely N-dealkylation sites (N-methyl/N-ethyl adjacent to an activating group) is 1. The molecule has 3 aromatic rings. The average Bonchev–Trinajstić information content (AvgIpc) is 3.16. The van der Waals surface area contributed by atoms with Crippen LogP contribution in [-0.4, -0.2) is 40.7 Å². The van der Waals surface area contributed by atoms with E-state index in [1.807, 2.05) is 6.92 Å². The Labute approximate surface area is 222 Å². The maximum absolute atomic E-state index is 13.5. The molecule has 1 aliphatic rings. The van der Waals surface area contributed by atoms with Crippen LogP contribution in [0.4, 0.5) is 10.1 Å². The summed E-state index contributed by atoms with van der Waals surface area (Å²) in [5.74, 6) is -0.922. The molecule has 1 saturated heterocycles. The lowest BCUT2D eigenvalue weighted by atomic mass is 10.1. The van der Waals surface area contributed by atoms with Gasteiger partial charge in [0.05, 0.1) is 28.3 Å². The molecule has 37 heavy (non-hydrogen) atoms. The number of thioether (sulfide) groups is 1. The van der Waals surface area contributed by atoms with Gasteiger partial charge in [-0.3, -0.25) is 9.69 Å². The van der Waals surface area contributed by atoms with Crippen LogP contribution < -0.4 is 9.47 Å². The van der Waals surface area contributed by atoms with Crippen LogP contribution >= 0.6 is 23.4 Å². The SMILES string of the molecule is CCN1C(=O)C(=Cc2cc(Cl)c(OCc3cccc(F)c3)c(OC)c2)SC1=Nc1ccc(C(=O)O)cc1. The molecule has 0 bridgehead atoms. The van der Waals surface area contributed by atoms with E-state index in [2.05, 4.69) is 4.99 Å². The second kappa shape index (κ2) is 11.5. The number of amidine groups is 1. The van der Waals surface area contributed by atoms with E-state index in [1.54, 1.807) is 42.5 Å². The Balaban J connectivity index is 1.58. The smallest absolute Gasteiger partial charge is 0.335 e. The van der Waals surface area contributed by atoms with Gasteiger partial charge in [0.2, 0.25) is 0 Å². The minimum absolute atomic E-state index is 0.0986. The van der Waals surface area contributed by atoms with Crippen molar-refractivity contribution in [1.82, 2.24) is 4.90 Å². The number of aromatic carboxylic acids is 1. The molecule has 1 N–H and O–H groups in total. The van der Waals surface area contributed by atoms with Gasteiger partial charge < -0.3 is 14.6 Å². The zero-order valence-electron chi connectivity index (χ0n) is 19.9. The summed E-state index contributed by atoms with van der Waals surface area (Å²) in [5.41, 5.74) is 1.95. The lowest BCUT2D eigenvalue weighted by molar-refractivity contribution is -0.122. The molecule has 0 aliphatic carbocycles. The number of hydrogen-bond acceptors (Lipinski definition) is 6. The van der Waals surface area contributed by atoms with E-state index in [0.717, 1.165) is 0 Å². The van der Waals surface area contributed by atoms with Crippen molar-refractivity contribution >= 4 is 52.2 Å². The van der Waals surface area contributed by atoms with Gasteiger partial charge in [-0.15, -0.1) is 0 Å². The Kier molecular flexibility index (Phi) is 8.15. The summed E-state index contributed by atoms with van der Waals surface area (Å²) in [4.78, 5) is 30.6. The first kappa shape index (κ1) is 26.2. The minimum Gasteiger partial charge on any atom is -0.493 e. The van der Waals surface area contributed by atoms with Gasteiger partial charge in [-0.05, 0) is 84.4 Å². The highest BCUT2D eigenvalue weighted by Crippen LogP contribution is 2.39. The molecule has 10 heteroatoms. The van der Waals surface area contributed by atoms with Gasteiger partial charge in [0, 0.05) is 6.54 Å². The zero-order chi connectivity index (χ0) is 26.5. The van der Waals surface area contributed by atoms with Crippen LogP contribution in [0.15, 0.2) is 70.6 Å². The van der Waals surface area contributed by atoms with Crippen molar-refractivity contribution in [3.63, 3.8) is 0 Å². The molecule has 0 saturated carbocycles. The largest absolute Gasteiger partial charge is 0.493 e. The molecule has 1 fully saturated rings. The number of aliphatic imine (C=N–C) groups is 1.